The van der Waals surface area contributed by atoms with Gasteiger partial charge < -0.3 is 15.8 Å². The molecule has 0 fully saturated rings. The Morgan fingerprint density at radius 2 is 1.70 bits per heavy atom. The molecule has 3 aromatic carbocycles. The number of hydrogen-bond donors (Lipinski definition) is 2. The first kappa shape index (κ1) is 22.8. The molecule has 3 N–H and O–H groups in total. The van der Waals surface area contributed by atoms with Crippen LogP contribution in [0, 0.1) is 0 Å². The first-order chi connectivity index (χ1) is 15.8. The Balaban J connectivity index is 1.87. The van der Waals surface area contributed by atoms with Gasteiger partial charge in [-0.05, 0) is 48.5 Å². The van der Waals surface area contributed by atoms with Crippen LogP contribution < -0.4 is 15.8 Å². The number of ketones is 1. The zero-order chi connectivity index (χ0) is 23.6. The highest BCUT2D eigenvalue weighted by molar-refractivity contribution is 7.92. The number of ether oxygens (including phenoxy) is 1. The van der Waals surface area contributed by atoms with Gasteiger partial charge in [-0.25, -0.2) is 8.42 Å². The lowest BCUT2D eigenvalue weighted by Crippen LogP contribution is -2.08. The van der Waals surface area contributed by atoms with Crippen LogP contribution in [0.5, 0.6) is 5.75 Å². The number of nitrogens with two attached hydrogens (primary N) is 1. The molecule has 6 nitrogen and oxygen atoms in total. The fraction of sp³-hybridized carbons (Fsp3) is 0.0417. The van der Waals surface area contributed by atoms with Crippen LogP contribution in [0.2, 0.25) is 5.02 Å². The summed E-state index contributed by atoms with van der Waals surface area (Å²) in [6, 6.07) is 21.3. The average molecular weight is 499 g/mol. The summed E-state index contributed by atoms with van der Waals surface area (Å²) < 4.78 is 32.3. The Morgan fingerprint density at radius 3 is 2.36 bits per heavy atom. The van der Waals surface area contributed by atoms with Gasteiger partial charge in [-0.15, -0.1) is 11.3 Å². The molecule has 0 saturated heterocycles. The summed E-state index contributed by atoms with van der Waals surface area (Å²) in [7, 11) is -2.48. The van der Waals surface area contributed by atoms with Crippen LogP contribution in [0.3, 0.4) is 0 Å². The summed E-state index contributed by atoms with van der Waals surface area (Å²) in [4.78, 5) is 13.3. The van der Waals surface area contributed by atoms with E-state index in [4.69, 9.17) is 22.1 Å². The van der Waals surface area contributed by atoms with E-state index in [1.54, 1.807) is 66.7 Å². The van der Waals surface area contributed by atoms with Crippen molar-refractivity contribution in [2.75, 3.05) is 18.2 Å². The number of thiophene rings is 1. The molecular weight excluding hydrogens is 480 g/mol. The lowest BCUT2D eigenvalue weighted by molar-refractivity contribution is 0.104. The van der Waals surface area contributed by atoms with E-state index in [0.717, 1.165) is 11.3 Å². The third-order valence-corrected chi connectivity index (χ3v) is 8.22. The number of carbonyl (C=O) groups is 1. The Morgan fingerprint density at radius 1 is 1.00 bits per heavy atom. The largest absolute Gasteiger partial charge is 0.497 e. The van der Waals surface area contributed by atoms with E-state index in [1.165, 1.54) is 19.2 Å². The molecule has 0 saturated carbocycles. The minimum Gasteiger partial charge on any atom is -0.497 e. The van der Waals surface area contributed by atoms with E-state index in [0.29, 0.717) is 22.0 Å². The third-order valence-electron chi connectivity index (χ3n) is 4.86. The molecule has 0 aliphatic carbocycles. The number of nitrogens with one attached hydrogen (secondary N) is 1. The molecule has 0 aliphatic heterocycles. The SMILES string of the molecule is COc1cccc(Nc2sc(C(=O)c3ccc(Cl)cc3)c(N)c2S(=O)(=O)c2ccccc2)c1. The topological polar surface area (TPSA) is 98.5 Å². The van der Waals surface area contributed by atoms with Crippen LogP contribution in [0.15, 0.2) is 88.7 Å². The Bertz CT molecular complexity index is 1420. The number of nitrogen functional groups attached to an aromatic ring is 1. The third kappa shape index (κ3) is 4.59. The van der Waals surface area contributed by atoms with Crippen LogP contribution in [-0.2, 0) is 9.84 Å². The van der Waals surface area contributed by atoms with Crippen molar-refractivity contribution < 1.29 is 17.9 Å². The summed E-state index contributed by atoms with van der Waals surface area (Å²) >= 11 is 6.92. The minimum absolute atomic E-state index is 0.0775. The smallest absolute Gasteiger partial charge is 0.211 e. The van der Waals surface area contributed by atoms with Gasteiger partial charge in [0.2, 0.25) is 15.6 Å². The van der Waals surface area contributed by atoms with Crippen molar-refractivity contribution in [1.82, 2.24) is 0 Å². The predicted octanol–water partition coefficient (Wildman–Crippen LogP) is 5.80. The van der Waals surface area contributed by atoms with Gasteiger partial charge in [0.25, 0.3) is 0 Å². The first-order valence-corrected chi connectivity index (χ1v) is 12.4. The molecule has 1 heterocycles. The Kier molecular flexibility index (Phi) is 6.42. The fourth-order valence-electron chi connectivity index (χ4n) is 3.23. The van der Waals surface area contributed by atoms with Gasteiger partial charge in [-0.2, -0.15) is 0 Å². The number of hydrogen-bond acceptors (Lipinski definition) is 7. The molecule has 9 heteroatoms. The van der Waals surface area contributed by atoms with Crippen molar-refractivity contribution in [3.05, 3.63) is 94.3 Å². The molecule has 0 atom stereocenters. The van der Waals surface area contributed by atoms with Crippen LogP contribution >= 0.6 is 22.9 Å². The van der Waals surface area contributed by atoms with Gasteiger partial charge in [-0.3, -0.25) is 4.79 Å². The monoisotopic (exact) mass is 498 g/mol. The van der Waals surface area contributed by atoms with E-state index in [2.05, 4.69) is 5.32 Å². The van der Waals surface area contributed by atoms with Crippen LogP contribution in [0.25, 0.3) is 0 Å². The summed E-state index contributed by atoms with van der Waals surface area (Å²) in [5, 5.41) is 3.83. The highest BCUT2D eigenvalue weighted by atomic mass is 35.5. The molecule has 0 unspecified atom stereocenters. The number of anilines is 3. The van der Waals surface area contributed by atoms with Gasteiger partial charge in [0, 0.05) is 22.3 Å². The van der Waals surface area contributed by atoms with Crippen LogP contribution in [-0.4, -0.2) is 21.3 Å². The van der Waals surface area contributed by atoms with Crippen molar-refractivity contribution in [2.45, 2.75) is 9.79 Å². The second kappa shape index (κ2) is 9.27. The second-order valence-corrected chi connectivity index (χ2v) is 10.4. The molecule has 1 aromatic heterocycles. The lowest BCUT2D eigenvalue weighted by Gasteiger charge is -2.10. The maximum atomic E-state index is 13.5. The first-order valence-electron chi connectivity index (χ1n) is 9.75. The average Bonchev–Trinajstić information content (AvgIpc) is 3.16. The molecule has 4 rings (SSSR count). The number of carbonyl (C=O) groups excluding carboxylic acids is 1. The van der Waals surface area contributed by atoms with Crippen LogP contribution in [0.4, 0.5) is 16.4 Å². The van der Waals surface area contributed by atoms with Gasteiger partial charge >= 0.3 is 0 Å². The lowest BCUT2D eigenvalue weighted by atomic mass is 10.1. The fourth-order valence-corrected chi connectivity index (χ4v) is 6.31. The molecule has 4 aromatic rings. The number of benzene rings is 3. The van der Waals surface area contributed by atoms with E-state index < -0.39 is 15.6 Å². The van der Waals surface area contributed by atoms with Crippen molar-refractivity contribution in [3.63, 3.8) is 0 Å². The maximum Gasteiger partial charge on any atom is 0.211 e. The number of methoxy groups -OCH3 is 1. The molecule has 0 spiro atoms. The van der Waals surface area contributed by atoms with Crippen molar-refractivity contribution in [3.8, 4) is 5.75 Å². The zero-order valence-corrected chi connectivity index (χ0v) is 19.8. The molecule has 0 amide bonds. The molecule has 33 heavy (non-hydrogen) atoms. The van der Waals surface area contributed by atoms with E-state index >= 15 is 0 Å². The van der Waals surface area contributed by atoms with Gasteiger partial charge in [0.15, 0.2) is 0 Å². The summed E-state index contributed by atoms with van der Waals surface area (Å²) in [6.07, 6.45) is 0. The maximum absolute atomic E-state index is 13.5. The molecular formula is C24H19ClN2O4S2. The Labute approximate surface area is 200 Å². The summed E-state index contributed by atoms with van der Waals surface area (Å²) in [6.45, 7) is 0. The summed E-state index contributed by atoms with van der Waals surface area (Å²) in [5.41, 5.74) is 7.16. The molecule has 0 radical (unpaired) electrons. The van der Waals surface area contributed by atoms with Crippen LogP contribution in [0.1, 0.15) is 15.2 Å². The minimum atomic E-state index is -4.02. The zero-order valence-electron chi connectivity index (χ0n) is 17.4. The van der Waals surface area contributed by atoms with E-state index in [9.17, 15) is 13.2 Å². The number of rotatable bonds is 7. The van der Waals surface area contributed by atoms with Gasteiger partial charge in [-0.1, -0.05) is 35.9 Å². The number of halogens is 1. The highest BCUT2D eigenvalue weighted by Crippen LogP contribution is 2.44. The van der Waals surface area contributed by atoms with E-state index in [1.807, 2.05) is 0 Å². The van der Waals surface area contributed by atoms with Crippen molar-refractivity contribution >= 4 is 54.9 Å². The second-order valence-electron chi connectivity index (χ2n) is 7.01. The quantitative estimate of drug-likeness (QED) is 0.312. The van der Waals surface area contributed by atoms with Gasteiger partial charge in [0.1, 0.15) is 20.5 Å². The molecule has 0 bridgehead atoms. The van der Waals surface area contributed by atoms with Gasteiger partial charge in [0.05, 0.1) is 17.7 Å². The van der Waals surface area contributed by atoms with Crippen molar-refractivity contribution in [1.29, 1.82) is 0 Å². The Hall–Kier alpha value is -3.33. The molecule has 168 valence electrons. The molecule has 0 aliphatic rings. The predicted molar refractivity (Wildman–Crippen MR) is 132 cm³/mol. The van der Waals surface area contributed by atoms with E-state index in [-0.39, 0.29) is 25.4 Å². The standard InChI is InChI=1S/C24H19ClN2O4S2/c1-31-18-7-5-6-17(14-18)27-24-23(33(29,30)19-8-3-2-4-9-19)20(26)22(32-24)21(28)15-10-12-16(25)13-11-15/h2-14,27H,26H2,1H3. The van der Waals surface area contributed by atoms with Crippen molar-refractivity contribution in [2.24, 2.45) is 0 Å². The summed E-state index contributed by atoms with van der Waals surface area (Å²) in [5.74, 6) is 0.201. The normalized spacial score (nSPS) is 11.2. The number of sulfone groups is 1. The highest BCUT2D eigenvalue weighted by Gasteiger charge is 2.31.